The Kier molecular flexibility index (Phi) is 11.3. The van der Waals surface area contributed by atoms with Crippen LogP contribution in [-0.4, -0.2) is 60.4 Å². The molecule has 1 aliphatic carbocycles. The summed E-state index contributed by atoms with van der Waals surface area (Å²) >= 11 is 0. The van der Waals surface area contributed by atoms with Gasteiger partial charge in [-0.15, -0.1) is 0 Å². The van der Waals surface area contributed by atoms with Crippen molar-refractivity contribution in [2.45, 2.75) is 75.8 Å². The minimum absolute atomic E-state index is 0.109. The number of aliphatic hydroxyl groups excluding tert-OH is 1. The number of hydrogen-bond donors (Lipinski definition) is 3. The molecule has 208 valence electrons. The Morgan fingerprint density at radius 1 is 1.13 bits per heavy atom. The highest BCUT2D eigenvalue weighted by atomic mass is 32.2. The minimum atomic E-state index is -3.92. The Morgan fingerprint density at radius 2 is 1.79 bits per heavy atom. The summed E-state index contributed by atoms with van der Waals surface area (Å²) in [4.78, 5) is 12.9. The van der Waals surface area contributed by atoms with Crippen LogP contribution in [0, 0.1) is 11.8 Å². The molecule has 1 amide bonds. The monoisotopic (exact) mass is 543 g/mol. The van der Waals surface area contributed by atoms with E-state index in [-0.39, 0.29) is 29.2 Å². The Labute approximate surface area is 226 Å². The molecule has 1 aliphatic rings. The normalized spacial score (nSPS) is 17.1. The fourth-order valence-corrected chi connectivity index (χ4v) is 6.44. The molecule has 2 aromatic carbocycles. The number of sulfonamides is 1. The average Bonchev–Trinajstić information content (AvgIpc) is 3.42. The highest BCUT2D eigenvalue weighted by Gasteiger charge is 2.33. The van der Waals surface area contributed by atoms with Crippen LogP contribution in [0.4, 0.5) is 0 Å². The summed E-state index contributed by atoms with van der Waals surface area (Å²) in [7, 11) is -3.92. The van der Waals surface area contributed by atoms with Crippen molar-refractivity contribution in [1.82, 2.24) is 9.62 Å². The molecular formula is C29H41N3O5S. The van der Waals surface area contributed by atoms with Crippen molar-refractivity contribution in [2.24, 2.45) is 17.0 Å². The van der Waals surface area contributed by atoms with E-state index in [9.17, 15) is 18.3 Å². The molecule has 3 N–H and O–H groups in total. The van der Waals surface area contributed by atoms with Crippen LogP contribution in [-0.2, 0) is 21.2 Å². The molecule has 0 spiro atoms. The van der Waals surface area contributed by atoms with Gasteiger partial charge in [0.25, 0.3) is 0 Å². The van der Waals surface area contributed by atoms with Gasteiger partial charge in [0.1, 0.15) is 0 Å². The number of hydrogen-bond acceptors (Lipinski definition) is 6. The van der Waals surface area contributed by atoms with Crippen LogP contribution in [0.5, 0.6) is 0 Å². The Bertz CT molecular complexity index is 1130. The quantitative estimate of drug-likeness (QED) is 0.187. The molecule has 3 rings (SSSR count). The number of nitrogens with one attached hydrogen (secondary N) is 1. The lowest BCUT2D eigenvalue weighted by Gasteiger charge is -2.31. The molecule has 8 nitrogen and oxygen atoms in total. The standard InChI is InChI=1S/C29H41N3O5S/c1-3-22(2)17-29(34)31-27(18-23-9-5-4-6-10-23)28(33)21-32(20-25-11-7-8-12-25)38(36,37)26-15-13-24(14-16-26)19-30-35/h4-6,9-10,13-16,19,22,25,27-28,33,35H,3,7-8,11-12,17-18,20-21H2,1-2H3,(H,31,34)/b30-19+/t22?,27-,28+/m0/s1. The van der Waals surface area contributed by atoms with Crippen LogP contribution in [0.3, 0.4) is 0 Å². The van der Waals surface area contributed by atoms with Gasteiger partial charge < -0.3 is 15.6 Å². The molecule has 0 bridgehead atoms. The van der Waals surface area contributed by atoms with Gasteiger partial charge in [-0.25, -0.2) is 8.42 Å². The van der Waals surface area contributed by atoms with E-state index in [0.29, 0.717) is 24.9 Å². The number of carbonyl (C=O) groups excluding carboxylic acids is 1. The highest BCUT2D eigenvalue weighted by Crippen LogP contribution is 2.28. The van der Waals surface area contributed by atoms with Gasteiger partial charge in [-0.2, -0.15) is 4.31 Å². The van der Waals surface area contributed by atoms with E-state index >= 15 is 0 Å². The van der Waals surface area contributed by atoms with E-state index in [1.165, 1.54) is 22.7 Å². The Hall–Kier alpha value is -2.75. The Morgan fingerprint density at radius 3 is 2.39 bits per heavy atom. The topological polar surface area (TPSA) is 119 Å². The SMILES string of the molecule is CCC(C)CC(=O)N[C@@H](Cc1ccccc1)[C@H](O)CN(CC1CCCC1)S(=O)(=O)c1ccc(/C=N/O)cc1. The lowest BCUT2D eigenvalue weighted by molar-refractivity contribution is -0.123. The molecule has 0 heterocycles. The van der Waals surface area contributed by atoms with Crippen LogP contribution in [0.2, 0.25) is 0 Å². The zero-order valence-corrected chi connectivity index (χ0v) is 23.2. The van der Waals surface area contributed by atoms with E-state index in [4.69, 9.17) is 5.21 Å². The van der Waals surface area contributed by atoms with Crippen LogP contribution in [0.25, 0.3) is 0 Å². The summed E-state index contributed by atoms with van der Waals surface area (Å²) in [6.07, 6.45) is 5.77. The lowest BCUT2D eigenvalue weighted by Crippen LogP contribution is -2.51. The number of benzene rings is 2. The molecule has 0 saturated heterocycles. The number of carbonyl (C=O) groups is 1. The molecule has 1 saturated carbocycles. The Balaban J connectivity index is 1.85. The van der Waals surface area contributed by atoms with Gasteiger partial charge in [-0.1, -0.05) is 80.7 Å². The largest absolute Gasteiger partial charge is 0.411 e. The molecule has 2 aromatic rings. The van der Waals surface area contributed by atoms with Crippen molar-refractivity contribution in [3.05, 3.63) is 65.7 Å². The molecule has 3 atom stereocenters. The van der Waals surface area contributed by atoms with Gasteiger partial charge in [-0.3, -0.25) is 4.79 Å². The molecule has 1 unspecified atom stereocenters. The van der Waals surface area contributed by atoms with Crippen LogP contribution < -0.4 is 5.32 Å². The fraction of sp³-hybridized carbons (Fsp3) is 0.517. The minimum Gasteiger partial charge on any atom is -0.411 e. The summed E-state index contributed by atoms with van der Waals surface area (Å²) in [6, 6.07) is 15.1. The smallest absolute Gasteiger partial charge is 0.243 e. The summed E-state index contributed by atoms with van der Waals surface area (Å²) in [5.41, 5.74) is 1.52. The van der Waals surface area contributed by atoms with E-state index in [1.807, 2.05) is 44.2 Å². The van der Waals surface area contributed by atoms with Gasteiger partial charge in [-0.05, 0) is 54.4 Å². The van der Waals surface area contributed by atoms with Crippen LogP contribution in [0.15, 0.2) is 64.6 Å². The fourth-order valence-electron chi connectivity index (χ4n) is 4.91. The number of rotatable bonds is 14. The second-order valence-corrected chi connectivity index (χ2v) is 12.4. The predicted molar refractivity (Wildman–Crippen MR) is 149 cm³/mol. The summed E-state index contributed by atoms with van der Waals surface area (Å²) in [5.74, 6) is 0.290. The van der Waals surface area contributed by atoms with E-state index in [1.54, 1.807) is 12.1 Å². The molecule has 38 heavy (non-hydrogen) atoms. The highest BCUT2D eigenvalue weighted by molar-refractivity contribution is 7.89. The molecule has 0 aliphatic heterocycles. The third-order valence-corrected chi connectivity index (χ3v) is 9.24. The first kappa shape index (κ1) is 29.8. The zero-order chi connectivity index (χ0) is 27.5. The molecule has 0 radical (unpaired) electrons. The first-order chi connectivity index (χ1) is 18.2. The maximum Gasteiger partial charge on any atom is 0.243 e. The third kappa shape index (κ3) is 8.64. The average molecular weight is 544 g/mol. The summed E-state index contributed by atoms with van der Waals surface area (Å²) < 4.78 is 28.9. The molecular weight excluding hydrogens is 502 g/mol. The molecule has 1 fully saturated rings. The van der Waals surface area contributed by atoms with Crippen molar-refractivity contribution in [3.8, 4) is 0 Å². The number of oxime groups is 1. The molecule has 9 heteroatoms. The number of amides is 1. The van der Waals surface area contributed by atoms with Gasteiger partial charge >= 0.3 is 0 Å². The zero-order valence-electron chi connectivity index (χ0n) is 22.4. The summed E-state index contributed by atoms with van der Waals surface area (Å²) in [6.45, 7) is 4.23. The first-order valence-corrected chi connectivity index (χ1v) is 15.0. The van der Waals surface area contributed by atoms with Gasteiger partial charge in [0, 0.05) is 19.5 Å². The van der Waals surface area contributed by atoms with Crippen molar-refractivity contribution in [1.29, 1.82) is 0 Å². The predicted octanol–water partition coefficient (Wildman–Crippen LogP) is 4.20. The van der Waals surface area contributed by atoms with Crippen molar-refractivity contribution in [3.63, 3.8) is 0 Å². The third-order valence-electron chi connectivity index (χ3n) is 7.39. The van der Waals surface area contributed by atoms with Crippen molar-refractivity contribution >= 4 is 22.1 Å². The van der Waals surface area contributed by atoms with Crippen LogP contribution in [0.1, 0.15) is 63.5 Å². The number of nitrogens with zero attached hydrogens (tertiary/aromatic N) is 2. The molecule has 0 aromatic heterocycles. The van der Waals surface area contributed by atoms with Gasteiger partial charge in [0.15, 0.2) is 0 Å². The second kappa shape index (κ2) is 14.4. The lowest BCUT2D eigenvalue weighted by atomic mass is 9.99. The first-order valence-electron chi connectivity index (χ1n) is 13.5. The van der Waals surface area contributed by atoms with Gasteiger partial charge in [0.05, 0.1) is 23.3 Å². The summed E-state index contributed by atoms with van der Waals surface area (Å²) in [5, 5.41) is 26.2. The van der Waals surface area contributed by atoms with E-state index in [0.717, 1.165) is 37.7 Å². The van der Waals surface area contributed by atoms with Crippen molar-refractivity contribution in [2.75, 3.05) is 13.1 Å². The second-order valence-electron chi connectivity index (χ2n) is 10.4. The van der Waals surface area contributed by atoms with Gasteiger partial charge in [0.2, 0.25) is 15.9 Å². The van der Waals surface area contributed by atoms with E-state index in [2.05, 4.69) is 10.5 Å². The van der Waals surface area contributed by atoms with E-state index < -0.39 is 22.2 Å². The van der Waals surface area contributed by atoms with Crippen molar-refractivity contribution < 1.29 is 23.5 Å². The maximum absolute atomic E-state index is 13.8. The maximum atomic E-state index is 13.8. The van der Waals surface area contributed by atoms with Crippen LogP contribution >= 0.6 is 0 Å². The number of aliphatic hydroxyl groups is 1.